The Morgan fingerprint density at radius 3 is 2.93 bits per heavy atom. The molecular weight excluding hydrogens is 176 g/mol. The molecule has 0 bridgehead atoms. The first-order chi connectivity index (χ1) is 6.81. The largest absolute Gasteiger partial charge is 0.342 e. The van der Waals surface area contributed by atoms with Gasteiger partial charge in [-0.3, -0.25) is 4.79 Å². The van der Waals surface area contributed by atoms with Gasteiger partial charge in [-0.1, -0.05) is 13.3 Å². The highest BCUT2D eigenvalue weighted by molar-refractivity contribution is 5.79. The summed E-state index contributed by atoms with van der Waals surface area (Å²) >= 11 is 0. The van der Waals surface area contributed by atoms with Crippen LogP contribution in [-0.4, -0.2) is 37.0 Å². The van der Waals surface area contributed by atoms with Gasteiger partial charge < -0.3 is 10.2 Å². The van der Waals surface area contributed by atoms with Crippen LogP contribution in [0.15, 0.2) is 0 Å². The molecule has 0 aromatic heterocycles. The molecule has 2 saturated heterocycles. The second-order valence-corrected chi connectivity index (χ2v) is 4.54. The molecule has 2 aliphatic rings. The molecule has 0 saturated carbocycles. The molecular formula is C11H20N2O. The molecule has 1 unspecified atom stereocenters. The van der Waals surface area contributed by atoms with Crippen molar-refractivity contribution >= 4 is 5.91 Å². The molecule has 3 heteroatoms. The lowest BCUT2D eigenvalue weighted by Gasteiger charge is -2.19. The molecule has 0 radical (unpaired) electrons. The fraction of sp³-hybridized carbons (Fsp3) is 0.909. The topological polar surface area (TPSA) is 32.3 Å². The van der Waals surface area contributed by atoms with E-state index >= 15 is 0 Å². The lowest BCUT2D eigenvalue weighted by Crippen LogP contribution is -2.35. The maximum atomic E-state index is 12.0. The van der Waals surface area contributed by atoms with Crippen molar-refractivity contribution in [3.63, 3.8) is 0 Å². The second-order valence-electron chi connectivity index (χ2n) is 4.54. The van der Waals surface area contributed by atoms with E-state index in [1.807, 2.05) is 0 Å². The summed E-state index contributed by atoms with van der Waals surface area (Å²) in [5.74, 6) is 1.42. The molecule has 2 heterocycles. The molecule has 80 valence electrons. The molecule has 1 amide bonds. The molecule has 0 aromatic rings. The summed E-state index contributed by atoms with van der Waals surface area (Å²) in [6, 6.07) is 0. The molecule has 0 aromatic carbocycles. The van der Waals surface area contributed by atoms with Crippen molar-refractivity contribution in [1.82, 2.24) is 10.2 Å². The van der Waals surface area contributed by atoms with Crippen LogP contribution >= 0.6 is 0 Å². The Morgan fingerprint density at radius 1 is 1.50 bits per heavy atom. The molecule has 2 rings (SSSR count). The SMILES string of the molecule is CCC1CCN(C(=O)[C@H]2CCNC2)C1. The van der Waals surface area contributed by atoms with Crippen molar-refractivity contribution in [1.29, 1.82) is 0 Å². The molecule has 14 heavy (non-hydrogen) atoms. The number of hydrogen-bond donors (Lipinski definition) is 1. The number of nitrogens with one attached hydrogen (secondary N) is 1. The zero-order valence-electron chi connectivity index (χ0n) is 8.96. The summed E-state index contributed by atoms with van der Waals surface area (Å²) in [5, 5.41) is 3.25. The number of nitrogens with zero attached hydrogens (tertiary/aromatic N) is 1. The smallest absolute Gasteiger partial charge is 0.227 e. The summed E-state index contributed by atoms with van der Waals surface area (Å²) in [6.07, 6.45) is 3.46. The highest BCUT2D eigenvalue weighted by atomic mass is 16.2. The molecule has 2 aliphatic heterocycles. The van der Waals surface area contributed by atoms with Gasteiger partial charge in [0.15, 0.2) is 0 Å². The third kappa shape index (κ3) is 1.92. The van der Waals surface area contributed by atoms with Crippen molar-refractivity contribution in [3.8, 4) is 0 Å². The molecule has 2 atom stereocenters. The summed E-state index contributed by atoms with van der Waals surface area (Å²) in [5.41, 5.74) is 0. The van der Waals surface area contributed by atoms with Gasteiger partial charge in [0.2, 0.25) is 5.91 Å². The molecule has 1 N–H and O–H groups in total. The van der Waals surface area contributed by atoms with Gasteiger partial charge in [-0.15, -0.1) is 0 Å². The van der Waals surface area contributed by atoms with Gasteiger partial charge in [-0.25, -0.2) is 0 Å². The predicted octanol–water partition coefficient (Wildman–Crippen LogP) is 0.854. The van der Waals surface area contributed by atoms with Gasteiger partial charge in [0, 0.05) is 19.6 Å². The zero-order valence-corrected chi connectivity index (χ0v) is 8.96. The minimum atomic E-state index is 0.269. The van der Waals surface area contributed by atoms with Crippen LogP contribution in [0.1, 0.15) is 26.2 Å². The average Bonchev–Trinajstić information content (AvgIpc) is 2.88. The molecule has 0 spiro atoms. The lowest BCUT2D eigenvalue weighted by atomic mass is 10.1. The minimum absolute atomic E-state index is 0.269. The quantitative estimate of drug-likeness (QED) is 0.710. The fourth-order valence-electron chi connectivity index (χ4n) is 2.49. The maximum absolute atomic E-state index is 12.0. The van der Waals surface area contributed by atoms with Crippen LogP contribution in [-0.2, 0) is 4.79 Å². The van der Waals surface area contributed by atoms with Crippen LogP contribution in [0, 0.1) is 11.8 Å². The van der Waals surface area contributed by atoms with Crippen LogP contribution < -0.4 is 5.32 Å². The summed E-state index contributed by atoms with van der Waals surface area (Å²) in [7, 11) is 0. The van der Waals surface area contributed by atoms with E-state index in [0.29, 0.717) is 5.91 Å². The third-order valence-electron chi connectivity index (χ3n) is 3.58. The highest BCUT2D eigenvalue weighted by Gasteiger charge is 2.31. The summed E-state index contributed by atoms with van der Waals surface area (Å²) in [4.78, 5) is 14.1. The first-order valence-corrected chi connectivity index (χ1v) is 5.80. The Balaban J connectivity index is 1.86. The van der Waals surface area contributed by atoms with Gasteiger partial charge in [-0.05, 0) is 25.3 Å². The number of amides is 1. The van der Waals surface area contributed by atoms with Crippen LogP contribution in [0.25, 0.3) is 0 Å². The van der Waals surface area contributed by atoms with E-state index in [0.717, 1.165) is 38.5 Å². The Kier molecular flexibility index (Phi) is 3.06. The van der Waals surface area contributed by atoms with E-state index < -0.39 is 0 Å². The van der Waals surface area contributed by atoms with Crippen LogP contribution in [0.4, 0.5) is 0 Å². The summed E-state index contributed by atoms with van der Waals surface area (Å²) in [6.45, 7) is 6.13. The van der Waals surface area contributed by atoms with Crippen molar-refractivity contribution in [3.05, 3.63) is 0 Å². The van der Waals surface area contributed by atoms with Crippen molar-refractivity contribution < 1.29 is 4.79 Å². The normalized spacial score (nSPS) is 32.5. The first kappa shape index (κ1) is 9.97. The van der Waals surface area contributed by atoms with Crippen molar-refractivity contribution in [2.75, 3.05) is 26.2 Å². The Bertz CT molecular complexity index is 211. The number of likely N-dealkylation sites (tertiary alicyclic amines) is 1. The van der Waals surface area contributed by atoms with Gasteiger partial charge in [-0.2, -0.15) is 0 Å². The Hall–Kier alpha value is -0.570. The number of rotatable bonds is 2. The van der Waals surface area contributed by atoms with Crippen molar-refractivity contribution in [2.45, 2.75) is 26.2 Å². The third-order valence-corrected chi connectivity index (χ3v) is 3.58. The fourth-order valence-corrected chi connectivity index (χ4v) is 2.49. The standard InChI is InChI=1S/C11H20N2O/c1-2-9-4-6-13(8-9)11(14)10-3-5-12-7-10/h9-10,12H,2-8H2,1H3/t9?,10-/m0/s1. The Morgan fingerprint density at radius 2 is 2.36 bits per heavy atom. The second kappa shape index (κ2) is 4.30. The van der Waals surface area contributed by atoms with Gasteiger partial charge in [0.05, 0.1) is 5.92 Å². The van der Waals surface area contributed by atoms with E-state index in [2.05, 4.69) is 17.1 Å². The van der Waals surface area contributed by atoms with E-state index in [1.54, 1.807) is 0 Å². The lowest BCUT2D eigenvalue weighted by molar-refractivity contribution is -0.133. The Labute approximate surface area is 85.8 Å². The van der Waals surface area contributed by atoms with E-state index in [-0.39, 0.29) is 5.92 Å². The minimum Gasteiger partial charge on any atom is -0.342 e. The number of carbonyl (C=O) groups is 1. The van der Waals surface area contributed by atoms with Crippen LogP contribution in [0.2, 0.25) is 0 Å². The molecule has 0 aliphatic carbocycles. The molecule has 2 fully saturated rings. The zero-order chi connectivity index (χ0) is 9.97. The van der Waals surface area contributed by atoms with E-state index in [1.165, 1.54) is 12.8 Å². The first-order valence-electron chi connectivity index (χ1n) is 5.80. The van der Waals surface area contributed by atoms with E-state index in [9.17, 15) is 4.79 Å². The van der Waals surface area contributed by atoms with Gasteiger partial charge >= 0.3 is 0 Å². The van der Waals surface area contributed by atoms with Crippen LogP contribution in [0.5, 0.6) is 0 Å². The molecule has 3 nitrogen and oxygen atoms in total. The predicted molar refractivity (Wildman–Crippen MR) is 56.0 cm³/mol. The monoisotopic (exact) mass is 196 g/mol. The van der Waals surface area contributed by atoms with Gasteiger partial charge in [0.25, 0.3) is 0 Å². The summed E-state index contributed by atoms with van der Waals surface area (Å²) < 4.78 is 0. The van der Waals surface area contributed by atoms with Crippen LogP contribution in [0.3, 0.4) is 0 Å². The average molecular weight is 196 g/mol. The maximum Gasteiger partial charge on any atom is 0.227 e. The number of carbonyl (C=O) groups excluding carboxylic acids is 1. The van der Waals surface area contributed by atoms with Gasteiger partial charge in [0.1, 0.15) is 0 Å². The number of hydrogen-bond acceptors (Lipinski definition) is 2. The van der Waals surface area contributed by atoms with Crippen molar-refractivity contribution in [2.24, 2.45) is 11.8 Å². The van der Waals surface area contributed by atoms with E-state index in [4.69, 9.17) is 0 Å². The highest BCUT2D eigenvalue weighted by Crippen LogP contribution is 2.22.